The first-order valence-corrected chi connectivity index (χ1v) is 13.7. The van der Waals surface area contributed by atoms with Crippen LogP contribution in [-0.4, -0.2) is 30.9 Å². The number of ether oxygens (including phenoxy) is 3. The van der Waals surface area contributed by atoms with E-state index in [9.17, 15) is 9.59 Å². The summed E-state index contributed by atoms with van der Waals surface area (Å²) in [5, 5.41) is 6.41. The molecule has 0 fully saturated rings. The number of hydrogen-bond acceptors (Lipinski definition) is 6. The molecule has 4 aromatic carbocycles. The molecule has 1 aliphatic rings. The van der Waals surface area contributed by atoms with E-state index in [-0.39, 0.29) is 18.4 Å². The van der Waals surface area contributed by atoms with Gasteiger partial charge in [0.25, 0.3) is 5.91 Å². The minimum atomic E-state index is -0.427. The van der Waals surface area contributed by atoms with Crippen LogP contribution < -0.4 is 24.8 Å². The minimum absolute atomic E-state index is 0.0590. The van der Waals surface area contributed by atoms with E-state index in [4.69, 9.17) is 14.2 Å². The van der Waals surface area contributed by atoms with Gasteiger partial charge < -0.3 is 29.7 Å². The monoisotopic (exact) mass is 565 g/mol. The van der Waals surface area contributed by atoms with E-state index in [0.717, 1.165) is 50.7 Å². The summed E-state index contributed by atoms with van der Waals surface area (Å²) >= 11 is 0. The van der Waals surface area contributed by atoms with Crippen molar-refractivity contribution in [1.29, 1.82) is 0 Å². The van der Waals surface area contributed by atoms with E-state index in [2.05, 4.69) is 10.6 Å². The molecule has 0 radical (unpaired) electrons. The van der Waals surface area contributed by atoms with Gasteiger partial charge in [0, 0.05) is 30.4 Å². The molecule has 2 N–H and O–H groups in total. The molecule has 1 unspecified atom stereocenters. The maximum atomic E-state index is 13.8. The molecule has 0 aliphatic carbocycles. The maximum Gasteiger partial charge on any atom is 0.258 e. The molecule has 0 saturated carbocycles. The van der Waals surface area contributed by atoms with Crippen LogP contribution in [0.5, 0.6) is 17.2 Å². The average molecular weight is 566 g/mol. The number of para-hydroxylation sites is 1. The first kappa shape index (κ1) is 28.5. The van der Waals surface area contributed by atoms with Crippen LogP contribution in [0.2, 0.25) is 0 Å². The van der Waals surface area contributed by atoms with E-state index < -0.39 is 6.17 Å². The molecule has 0 saturated heterocycles. The highest BCUT2D eigenvalue weighted by Gasteiger charge is 2.33. The van der Waals surface area contributed by atoms with E-state index in [0.29, 0.717) is 17.9 Å². The number of rotatable bonds is 9. The predicted octanol–water partition coefficient (Wildman–Crippen LogP) is 6.62. The number of hydrogen-bond donors (Lipinski definition) is 2. The van der Waals surface area contributed by atoms with Crippen LogP contribution in [0.25, 0.3) is 0 Å². The van der Waals surface area contributed by atoms with Crippen LogP contribution >= 0.6 is 0 Å². The third kappa shape index (κ3) is 6.02. The van der Waals surface area contributed by atoms with Crippen molar-refractivity contribution in [2.24, 2.45) is 0 Å². The Kier molecular flexibility index (Phi) is 8.33. The zero-order chi connectivity index (χ0) is 29.8. The second-order valence-corrected chi connectivity index (χ2v) is 10.4. The molecule has 1 aliphatic heterocycles. The molecular formula is C34H35N3O5. The summed E-state index contributed by atoms with van der Waals surface area (Å²) in [5.74, 6) is 1.99. The maximum absolute atomic E-state index is 13.8. The lowest BCUT2D eigenvalue weighted by Gasteiger charge is -2.38. The summed E-state index contributed by atoms with van der Waals surface area (Å²) in [6.45, 7) is 6.03. The Morgan fingerprint density at radius 3 is 2.40 bits per heavy atom. The lowest BCUT2D eigenvalue weighted by molar-refractivity contribution is -0.114. The van der Waals surface area contributed by atoms with Crippen LogP contribution in [0.1, 0.15) is 51.3 Å². The van der Waals surface area contributed by atoms with Crippen molar-refractivity contribution in [3.8, 4) is 17.2 Å². The van der Waals surface area contributed by atoms with Gasteiger partial charge in [0.2, 0.25) is 5.91 Å². The predicted molar refractivity (Wildman–Crippen MR) is 163 cm³/mol. The number of aryl methyl sites for hydroxylation is 2. The first-order valence-electron chi connectivity index (χ1n) is 13.7. The van der Waals surface area contributed by atoms with Crippen LogP contribution in [0, 0.1) is 13.8 Å². The van der Waals surface area contributed by atoms with E-state index in [1.165, 1.54) is 6.92 Å². The van der Waals surface area contributed by atoms with Gasteiger partial charge in [-0.25, -0.2) is 0 Å². The second-order valence-electron chi connectivity index (χ2n) is 10.4. The molecule has 42 heavy (non-hydrogen) atoms. The van der Waals surface area contributed by atoms with Gasteiger partial charge in [-0.05, 0) is 84.6 Å². The Morgan fingerprint density at radius 2 is 1.69 bits per heavy atom. The van der Waals surface area contributed by atoms with Crippen LogP contribution in [-0.2, 0) is 17.9 Å². The highest BCUT2D eigenvalue weighted by molar-refractivity contribution is 6.01. The summed E-state index contributed by atoms with van der Waals surface area (Å²) in [6.07, 6.45) is -0.427. The Labute approximate surface area is 246 Å². The van der Waals surface area contributed by atoms with Crippen molar-refractivity contribution in [3.63, 3.8) is 0 Å². The van der Waals surface area contributed by atoms with E-state index in [1.807, 2.05) is 97.6 Å². The lowest BCUT2D eigenvalue weighted by atomic mass is 10.0. The molecule has 216 valence electrons. The van der Waals surface area contributed by atoms with Crippen molar-refractivity contribution in [3.05, 3.63) is 112 Å². The van der Waals surface area contributed by atoms with Gasteiger partial charge in [-0.2, -0.15) is 0 Å². The third-order valence-electron chi connectivity index (χ3n) is 7.28. The SMILES string of the molecule is COc1cccc(CN2C(=O)c3ccccc3NC2c2ccc(OC)c(COc3c(C)cc(NC(C)=O)cc3C)c2)c1. The van der Waals surface area contributed by atoms with Gasteiger partial charge in [-0.15, -0.1) is 0 Å². The number of benzene rings is 4. The van der Waals surface area contributed by atoms with Gasteiger partial charge in [0.05, 0.1) is 19.8 Å². The lowest BCUT2D eigenvalue weighted by Crippen LogP contribution is -2.42. The number of methoxy groups -OCH3 is 2. The standard InChI is InChI=1S/C34H35N3O5/c1-21-15-27(35-23(3)38)16-22(2)32(21)42-20-26-18-25(13-14-31(26)41-5)33-36-30-12-7-6-11-29(30)34(39)37(33)19-24-9-8-10-28(17-24)40-4/h6-18,33,36H,19-20H2,1-5H3,(H,35,38). The highest BCUT2D eigenvalue weighted by atomic mass is 16.5. The van der Waals surface area contributed by atoms with Gasteiger partial charge in [-0.1, -0.05) is 30.3 Å². The summed E-state index contributed by atoms with van der Waals surface area (Å²) < 4.78 is 17.4. The first-order chi connectivity index (χ1) is 20.3. The molecule has 5 rings (SSSR count). The summed E-state index contributed by atoms with van der Waals surface area (Å²) in [4.78, 5) is 27.2. The fourth-order valence-electron chi connectivity index (χ4n) is 5.37. The molecule has 8 nitrogen and oxygen atoms in total. The van der Waals surface area contributed by atoms with Crippen LogP contribution in [0.4, 0.5) is 11.4 Å². The zero-order valence-electron chi connectivity index (χ0n) is 24.5. The largest absolute Gasteiger partial charge is 0.497 e. The number of anilines is 2. The molecule has 2 amide bonds. The quantitative estimate of drug-likeness (QED) is 0.237. The van der Waals surface area contributed by atoms with Crippen LogP contribution in [0.3, 0.4) is 0 Å². The van der Waals surface area contributed by atoms with Crippen molar-refractivity contribution in [2.75, 3.05) is 24.9 Å². The summed E-state index contributed by atoms with van der Waals surface area (Å²) in [5.41, 5.74) is 6.66. The number of nitrogens with one attached hydrogen (secondary N) is 2. The van der Waals surface area contributed by atoms with Gasteiger partial charge in [-0.3, -0.25) is 9.59 Å². The zero-order valence-corrected chi connectivity index (χ0v) is 24.5. The van der Waals surface area contributed by atoms with Gasteiger partial charge >= 0.3 is 0 Å². The Bertz CT molecular complexity index is 1610. The van der Waals surface area contributed by atoms with Crippen molar-refractivity contribution in [2.45, 2.75) is 40.1 Å². The Hall–Kier alpha value is -4.98. The smallest absolute Gasteiger partial charge is 0.258 e. The minimum Gasteiger partial charge on any atom is -0.497 e. The molecule has 4 aromatic rings. The topological polar surface area (TPSA) is 89.1 Å². The number of carbonyl (C=O) groups is 2. The number of carbonyl (C=O) groups excluding carboxylic acids is 2. The van der Waals surface area contributed by atoms with Crippen molar-refractivity contribution < 1.29 is 23.8 Å². The summed E-state index contributed by atoms with van der Waals surface area (Å²) in [7, 11) is 3.26. The number of nitrogens with zero attached hydrogens (tertiary/aromatic N) is 1. The van der Waals surface area contributed by atoms with Crippen molar-refractivity contribution in [1.82, 2.24) is 4.90 Å². The molecule has 0 spiro atoms. The van der Waals surface area contributed by atoms with E-state index >= 15 is 0 Å². The molecule has 1 heterocycles. The fourth-order valence-corrected chi connectivity index (χ4v) is 5.37. The molecular weight excluding hydrogens is 530 g/mol. The second kappa shape index (κ2) is 12.3. The fraction of sp³-hybridized carbons (Fsp3) is 0.235. The number of amides is 2. The Morgan fingerprint density at radius 1 is 0.929 bits per heavy atom. The third-order valence-corrected chi connectivity index (χ3v) is 7.28. The van der Waals surface area contributed by atoms with Gasteiger partial charge in [0.1, 0.15) is 30.0 Å². The molecule has 1 atom stereocenters. The average Bonchev–Trinajstić information content (AvgIpc) is 2.97. The van der Waals surface area contributed by atoms with Crippen LogP contribution in [0.15, 0.2) is 78.9 Å². The normalized spacial score (nSPS) is 14.1. The summed E-state index contributed by atoms with van der Waals surface area (Å²) in [6, 6.07) is 25.0. The molecule has 8 heteroatoms. The highest BCUT2D eigenvalue weighted by Crippen LogP contribution is 2.37. The number of fused-ring (bicyclic) bond motifs is 1. The molecule has 0 bridgehead atoms. The Balaban J connectivity index is 1.47. The van der Waals surface area contributed by atoms with Gasteiger partial charge in [0.15, 0.2) is 0 Å². The molecule has 0 aromatic heterocycles. The van der Waals surface area contributed by atoms with E-state index in [1.54, 1.807) is 14.2 Å². The van der Waals surface area contributed by atoms with Crippen molar-refractivity contribution >= 4 is 23.2 Å².